The Bertz CT molecular complexity index is 600. The summed E-state index contributed by atoms with van der Waals surface area (Å²) in [5, 5.41) is 0. The third-order valence-corrected chi connectivity index (χ3v) is 5.23. The van der Waals surface area contributed by atoms with E-state index in [0.717, 1.165) is 38.5 Å². The Labute approximate surface area is 170 Å². The smallest absolute Gasteiger partial charge is 0.410 e. The van der Waals surface area contributed by atoms with Crippen LogP contribution < -0.4 is 4.74 Å². The molecule has 0 bridgehead atoms. The molecule has 1 aliphatic rings. The number of hydrogen-bond donors (Lipinski definition) is 0. The van der Waals surface area contributed by atoms with Crippen molar-refractivity contribution in [2.45, 2.75) is 46.3 Å². The summed E-state index contributed by atoms with van der Waals surface area (Å²) in [6.45, 7) is 16.2. The van der Waals surface area contributed by atoms with Gasteiger partial charge in [0.05, 0.1) is 7.11 Å². The van der Waals surface area contributed by atoms with Gasteiger partial charge in [0.15, 0.2) is 0 Å². The molecular formula is C22H37N3O3. The number of rotatable bonds is 7. The number of nitrogens with zero attached hydrogens (tertiary/aromatic N) is 3. The molecule has 1 fully saturated rings. The Balaban J connectivity index is 2.08. The van der Waals surface area contributed by atoms with Gasteiger partial charge in [0.1, 0.15) is 11.4 Å². The number of benzene rings is 1. The van der Waals surface area contributed by atoms with Crippen LogP contribution in [-0.2, 0) is 4.74 Å². The minimum Gasteiger partial charge on any atom is -0.497 e. The van der Waals surface area contributed by atoms with Gasteiger partial charge in [-0.25, -0.2) is 4.79 Å². The van der Waals surface area contributed by atoms with Gasteiger partial charge in [0, 0.05) is 38.8 Å². The van der Waals surface area contributed by atoms with Crippen molar-refractivity contribution in [1.82, 2.24) is 14.7 Å². The van der Waals surface area contributed by atoms with Gasteiger partial charge in [-0.3, -0.25) is 4.90 Å². The van der Waals surface area contributed by atoms with Crippen molar-refractivity contribution in [1.29, 1.82) is 0 Å². The first-order chi connectivity index (χ1) is 13.3. The van der Waals surface area contributed by atoms with Gasteiger partial charge in [-0.05, 0) is 51.6 Å². The monoisotopic (exact) mass is 391 g/mol. The fourth-order valence-corrected chi connectivity index (χ4v) is 3.53. The number of piperazine rings is 1. The quantitative estimate of drug-likeness (QED) is 0.710. The van der Waals surface area contributed by atoms with Crippen LogP contribution in [0.1, 0.15) is 46.2 Å². The van der Waals surface area contributed by atoms with E-state index in [2.05, 4.69) is 35.8 Å². The second kappa shape index (κ2) is 10.1. The van der Waals surface area contributed by atoms with Gasteiger partial charge in [0.25, 0.3) is 0 Å². The topological polar surface area (TPSA) is 45.2 Å². The number of carbonyl (C=O) groups excluding carboxylic acids is 1. The lowest BCUT2D eigenvalue weighted by Gasteiger charge is -2.41. The highest BCUT2D eigenvalue weighted by molar-refractivity contribution is 5.68. The maximum Gasteiger partial charge on any atom is 0.410 e. The molecule has 6 nitrogen and oxygen atoms in total. The van der Waals surface area contributed by atoms with Gasteiger partial charge in [-0.2, -0.15) is 0 Å². The van der Waals surface area contributed by atoms with E-state index in [1.807, 2.05) is 37.8 Å². The number of carbonyl (C=O) groups is 1. The van der Waals surface area contributed by atoms with Crippen molar-refractivity contribution >= 4 is 6.09 Å². The normalized spacial score (nSPS) is 16.9. The number of ether oxygens (including phenoxy) is 2. The van der Waals surface area contributed by atoms with Crippen LogP contribution in [-0.4, -0.2) is 79.3 Å². The zero-order chi connectivity index (χ0) is 20.7. The van der Waals surface area contributed by atoms with Crippen LogP contribution in [0.25, 0.3) is 0 Å². The molecule has 0 radical (unpaired) electrons. The Hall–Kier alpha value is -1.79. The molecule has 0 saturated carbocycles. The average Bonchev–Trinajstić information content (AvgIpc) is 2.68. The van der Waals surface area contributed by atoms with Crippen LogP contribution in [0.3, 0.4) is 0 Å². The van der Waals surface area contributed by atoms with E-state index in [9.17, 15) is 4.79 Å². The number of likely N-dealkylation sites (N-methyl/N-ethyl adjacent to an activating group) is 1. The predicted molar refractivity (Wildman–Crippen MR) is 113 cm³/mol. The molecule has 1 amide bonds. The maximum atomic E-state index is 12.4. The molecule has 1 saturated heterocycles. The fraction of sp³-hybridized carbons (Fsp3) is 0.682. The summed E-state index contributed by atoms with van der Waals surface area (Å²) in [5.41, 5.74) is 0.834. The molecular weight excluding hydrogens is 354 g/mol. The summed E-state index contributed by atoms with van der Waals surface area (Å²) in [6.07, 6.45) is -0.211. The maximum absolute atomic E-state index is 12.4. The van der Waals surface area contributed by atoms with Gasteiger partial charge in [-0.15, -0.1) is 0 Å². The van der Waals surface area contributed by atoms with Crippen LogP contribution in [0.5, 0.6) is 5.75 Å². The number of methoxy groups -OCH3 is 1. The van der Waals surface area contributed by atoms with E-state index in [4.69, 9.17) is 9.47 Å². The van der Waals surface area contributed by atoms with Crippen LogP contribution in [0.15, 0.2) is 24.3 Å². The van der Waals surface area contributed by atoms with Crippen LogP contribution in [0.4, 0.5) is 4.79 Å². The van der Waals surface area contributed by atoms with E-state index in [0.29, 0.717) is 19.1 Å². The van der Waals surface area contributed by atoms with Crippen LogP contribution in [0.2, 0.25) is 0 Å². The first-order valence-electron chi connectivity index (χ1n) is 10.4. The van der Waals surface area contributed by atoms with Gasteiger partial charge < -0.3 is 19.3 Å². The summed E-state index contributed by atoms with van der Waals surface area (Å²) >= 11 is 0. The molecule has 1 aliphatic heterocycles. The Morgan fingerprint density at radius 3 is 2.11 bits per heavy atom. The molecule has 158 valence electrons. The molecule has 0 aromatic heterocycles. The van der Waals surface area contributed by atoms with Crippen molar-refractivity contribution in [3.63, 3.8) is 0 Å². The summed E-state index contributed by atoms with van der Waals surface area (Å²) in [4.78, 5) is 19.1. The van der Waals surface area contributed by atoms with Crippen LogP contribution in [0, 0.1) is 0 Å². The highest BCUT2D eigenvalue weighted by Crippen LogP contribution is 2.26. The van der Waals surface area contributed by atoms with E-state index in [1.54, 1.807) is 7.11 Å². The van der Waals surface area contributed by atoms with E-state index < -0.39 is 5.60 Å². The second-order valence-corrected chi connectivity index (χ2v) is 8.28. The molecule has 1 heterocycles. The SMILES string of the molecule is CCN(CC)CC(c1ccc(OC)cc1)N1CCN(C(=O)OC(C)(C)C)CC1. The van der Waals surface area contributed by atoms with Crippen molar-refractivity contribution in [3.05, 3.63) is 29.8 Å². The third kappa shape index (κ3) is 6.38. The molecule has 1 aromatic rings. The molecule has 2 rings (SSSR count). The third-order valence-electron chi connectivity index (χ3n) is 5.23. The van der Waals surface area contributed by atoms with Gasteiger partial charge >= 0.3 is 6.09 Å². The number of hydrogen-bond acceptors (Lipinski definition) is 5. The Morgan fingerprint density at radius 2 is 1.64 bits per heavy atom. The fourth-order valence-electron chi connectivity index (χ4n) is 3.53. The molecule has 1 unspecified atom stereocenters. The van der Waals surface area contributed by atoms with E-state index in [-0.39, 0.29) is 6.09 Å². The van der Waals surface area contributed by atoms with Crippen molar-refractivity contribution in [2.24, 2.45) is 0 Å². The number of amides is 1. The minimum absolute atomic E-state index is 0.211. The van der Waals surface area contributed by atoms with Gasteiger partial charge in [-0.1, -0.05) is 26.0 Å². The summed E-state index contributed by atoms with van der Waals surface area (Å²) in [6, 6.07) is 8.68. The molecule has 1 aromatic carbocycles. The molecule has 0 spiro atoms. The average molecular weight is 392 g/mol. The summed E-state index contributed by atoms with van der Waals surface area (Å²) in [5.74, 6) is 0.875. The zero-order valence-electron chi connectivity index (χ0n) is 18.4. The lowest BCUT2D eigenvalue weighted by atomic mass is 10.0. The largest absolute Gasteiger partial charge is 0.497 e. The van der Waals surface area contributed by atoms with Crippen molar-refractivity contribution in [2.75, 3.05) is 52.9 Å². The lowest BCUT2D eigenvalue weighted by molar-refractivity contribution is 0.00818. The molecule has 1 atom stereocenters. The standard InChI is InChI=1S/C22H37N3O3/c1-7-23(8-2)17-20(18-9-11-19(27-6)12-10-18)24-13-15-25(16-14-24)21(26)28-22(3,4)5/h9-12,20H,7-8,13-17H2,1-6H3. The molecule has 28 heavy (non-hydrogen) atoms. The lowest BCUT2D eigenvalue weighted by Crippen LogP contribution is -2.52. The first kappa shape index (κ1) is 22.5. The first-order valence-corrected chi connectivity index (χ1v) is 10.4. The summed E-state index contributed by atoms with van der Waals surface area (Å²) < 4.78 is 10.8. The van der Waals surface area contributed by atoms with Crippen molar-refractivity contribution < 1.29 is 14.3 Å². The highest BCUT2D eigenvalue weighted by Gasteiger charge is 2.30. The van der Waals surface area contributed by atoms with Crippen molar-refractivity contribution in [3.8, 4) is 5.75 Å². The minimum atomic E-state index is -0.456. The Kier molecular flexibility index (Phi) is 8.13. The Morgan fingerprint density at radius 1 is 1.07 bits per heavy atom. The summed E-state index contributed by atoms with van der Waals surface area (Å²) in [7, 11) is 1.69. The van der Waals surface area contributed by atoms with Gasteiger partial charge in [0.2, 0.25) is 0 Å². The van der Waals surface area contributed by atoms with E-state index >= 15 is 0 Å². The molecule has 0 N–H and O–H groups in total. The van der Waals surface area contributed by atoms with E-state index in [1.165, 1.54) is 5.56 Å². The molecule has 6 heteroatoms. The molecule has 0 aliphatic carbocycles. The highest BCUT2D eigenvalue weighted by atomic mass is 16.6. The zero-order valence-corrected chi connectivity index (χ0v) is 18.4. The predicted octanol–water partition coefficient (Wildman–Crippen LogP) is 3.63. The van der Waals surface area contributed by atoms with Crippen LogP contribution >= 0.6 is 0 Å². The second-order valence-electron chi connectivity index (χ2n) is 8.28.